The second kappa shape index (κ2) is 4.82. The Morgan fingerprint density at radius 3 is 2.92 bits per heavy atom. The number of amides is 1. The first kappa shape index (κ1) is 9.99. The van der Waals surface area contributed by atoms with Gasteiger partial charge in [-0.1, -0.05) is 28.1 Å². The summed E-state index contributed by atoms with van der Waals surface area (Å²) >= 11 is 3.19. The van der Waals surface area contributed by atoms with Gasteiger partial charge >= 0.3 is 0 Å². The van der Waals surface area contributed by atoms with E-state index in [1.165, 1.54) is 6.92 Å². The van der Waals surface area contributed by atoms with Crippen molar-refractivity contribution in [3.63, 3.8) is 0 Å². The van der Waals surface area contributed by atoms with Crippen molar-refractivity contribution in [3.05, 3.63) is 34.8 Å². The van der Waals surface area contributed by atoms with Crippen molar-refractivity contribution < 1.29 is 4.79 Å². The summed E-state index contributed by atoms with van der Waals surface area (Å²) in [4.78, 5) is 12.5. The van der Waals surface area contributed by atoms with Crippen molar-refractivity contribution in [1.29, 1.82) is 0 Å². The Bertz CT molecular complexity index is 333. The average molecular weight is 240 g/mol. The van der Waals surface area contributed by atoms with E-state index in [1.54, 1.807) is 4.99 Å². The largest absolute Gasteiger partial charge is 0.326 e. The molecule has 68 valence electrons. The van der Waals surface area contributed by atoms with Crippen molar-refractivity contribution in [1.82, 2.24) is 0 Å². The minimum absolute atomic E-state index is 0.0556. The predicted octanol–water partition coefficient (Wildman–Crippen LogP) is 3.01. The van der Waals surface area contributed by atoms with Crippen molar-refractivity contribution in [2.24, 2.45) is 0 Å². The van der Waals surface area contributed by atoms with Crippen LogP contribution in [0.4, 0.5) is 5.69 Å². The smallest absolute Gasteiger partial charge is 0.221 e. The molecule has 1 aromatic rings. The van der Waals surface area contributed by atoms with E-state index in [-0.39, 0.29) is 5.91 Å². The lowest BCUT2D eigenvalue weighted by molar-refractivity contribution is -0.114. The van der Waals surface area contributed by atoms with E-state index < -0.39 is 0 Å². The fourth-order valence-electron chi connectivity index (χ4n) is 0.996. The maximum atomic E-state index is 10.7. The molecule has 1 rings (SSSR count). The number of hydrogen-bond acceptors (Lipinski definition) is 1. The molecule has 0 bridgehead atoms. The fraction of sp³-hybridized carbons (Fsp3) is 0.100. The second-order valence-electron chi connectivity index (χ2n) is 2.60. The molecule has 0 aromatic heterocycles. The van der Waals surface area contributed by atoms with Crippen molar-refractivity contribution in [3.8, 4) is 0 Å². The van der Waals surface area contributed by atoms with Gasteiger partial charge < -0.3 is 5.32 Å². The first-order valence-electron chi connectivity index (χ1n) is 3.87. The molecule has 1 N–H and O–H groups in total. The number of carbonyl (C=O) groups excluding carboxylic acids is 1. The highest BCUT2D eigenvalue weighted by molar-refractivity contribution is 9.11. The summed E-state index contributed by atoms with van der Waals surface area (Å²) < 4.78 is 0. The van der Waals surface area contributed by atoms with Gasteiger partial charge in [0, 0.05) is 12.6 Å². The number of anilines is 1. The van der Waals surface area contributed by atoms with Gasteiger partial charge in [-0.15, -0.1) is 0 Å². The maximum absolute atomic E-state index is 10.7. The predicted molar refractivity (Wildman–Crippen MR) is 58.7 cm³/mol. The number of halogens is 1. The van der Waals surface area contributed by atoms with E-state index >= 15 is 0 Å². The van der Waals surface area contributed by atoms with Crippen LogP contribution < -0.4 is 5.32 Å². The van der Waals surface area contributed by atoms with Crippen LogP contribution in [0, 0.1) is 0 Å². The van der Waals surface area contributed by atoms with Gasteiger partial charge in [-0.05, 0) is 28.8 Å². The minimum Gasteiger partial charge on any atom is -0.326 e. The number of carbonyl (C=O) groups is 1. The highest BCUT2D eigenvalue weighted by atomic mass is 79.9. The number of rotatable bonds is 2. The van der Waals surface area contributed by atoms with Crippen LogP contribution in [-0.4, -0.2) is 5.91 Å². The van der Waals surface area contributed by atoms with Gasteiger partial charge in [0.15, 0.2) is 0 Å². The normalized spacial score (nSPS) is 10.3. The molecule has 0 aliphatic rings. The lowest BCUT2D eigenvalue weighted by Gasteiger charge is -2.01. The van der Waals surface area contributed by atoms with Crippen LogP contribution >= 0.6 is 15.9 Å². The molecule has 3 heteroatoms. The molecular weight excluding hydrogens is 230 g/mol. The third-order valence-corrected chi connectivity index (χ3v) is 1.73. The fourth-order valence-corrected chi connectivity index (χ4v) is 1.30. The lowest BCUT2D eigenvalue weighted by atomic mass is 10.2. The molecule has 0 saturated carbocycles. The Balaban J connectivity index is 2.85. The van der Waals surface area contributed by atoms with E-state index in [1.807, 2.05) is 30.3 Å². The van der Waals surface area contributed by atoms with E-state index in [0.29, 0.717) is 0 Å². The lowest BCUT2D eigenvalue weighted by Crippen LogP contribution is -2.05. The van der Waals surface area contributed by atoms with Crippen LogP contribution in [0.1, 0.15) is 12.5 Å². The molecule has 0 unspecified atom stereocenters. The molecule has 1 aromatic carbocycles. The first-order valence-corrected chi connectivity index (χ1v) is 4.78. The zero-order chi connectivity index (χ0) is 9.68. The van der Waals surface area contributed by atoms with Gasteiger partial charge in [0.05, 0.1) is 0 Å². The molecule has 0 fully saturated rings. The van der Waals surface area contributed by atoms with Gasteiger partial charge in [0.1, 0.15) is 0 Å². The maximum Gasteiger partial charge on any atom is 0.221 e. The second-order valence-corrected chi connectivity index (χ2v) is 3.13. The monoisotopic (exact) mass is 239 g/mol. The first-order chi connectivity index (χ1) is 6.22. The van der Waals surface area contributed by atoms with Crippen LogP contribution in [0.5, 0.6) is 0 Å². The van der Waals surface area contributed by atoms with Crippen molar-refractivity contribution >= 4 is 33.6 Å². The molecule has 0 heterocycles. The van der Waals surface area contributed by atoms with E-state index in [9.17, 15) is 4.79 Å². The van der Waals surface area contributed by atoms with E-state index in [0.717, 1.165) is 11.3 Å². The highest BCUT2D eigenvalue weighted by Crippen LogP contribution is 2.12. The van der Waals surface area contributed by atoms with Crippen LogP contribution in [0.25, 0.3) is 6.08 Å². The molecule has 0 aliphatic heterocycles. The summed E-state index contributed by atoms with van der Waals surface area (Å²) in [6, 6.07) is 7.61. The van der Waals surface area contributed by atoms with E-state index in [2.05, 4.69) is 21.2 Å². The van der Waals surface area contributed by atoms with E-state index in [4.69, 9.17) is 0 Å². The Hall–Kier alpha value is -1.09. The Kier molecular flexibility index (Phi) is 3.71. The molecule has 0 saturated heterocycles. The molecule has 1 amide bonds. The van der Waals surface area contributed by atoms with Gasteiger partial charge in [0.25, 0.3) is 0 Å². The zero-order valence-corrected chi connectivity index (χ0v) is 8.84. The number of nitrogens with one attached hydrogen (secondary N) is 1. The average Bonchev–Trinajstić information content (AvgIpc) is 2.04. The summed E-state index contributed by atoms with van der Waals surface area (Å²) in [6.45, 7) is 1.49. The van der Waals surface area contributed by atoms with Crippen LogP contribution in [0.3, 0.4) is 0 Å². The Morgan fingerprint density at radius 2 is 2.31 bits per heavy atom. The molecule has 0 spiro atoms. The third-order valence-electron chi connectivity index (χ3n) is 1.46. The molecule has 0 atom stereocenters. The van der Waals surface area contributed by atoms with Crippen LogP contribution in [-0.2, 0) is 4.79 Å². The standard InChI is InChI=1S/C10H10BrNO/c1-8(13)12-10-4-2-3-9(7-10)5-6-11/h2-7H,1H3,(H,12,13)/b6-5+. The summed E-state index contributed by atoms with van der Waals surface area (Å²) in [5.74, 6) is -0.0556. The SMILES string of the molecule is CC(=O)Nc1cccc(/C=C/Br)c1. The van der Waals surface area contributed by atoms with Gasteiger partial charge in [-0.2, -0.15) is 0 Å². The van der Waals surface area contributed by atoms with Crippen molar-refractivity contribution in [2.45, 2.75) is 6.92 Å². The van der Waals surface area contributed by atoms with Crippen LogP contribution in [0.15, 0.2) is 29.3 Å². The zero-order valence-electron chi connectivity index (χ0n) is 7.25. The summed E-state index contributed by atoms with van der Waals surface area (Å²) in [6.07, 6.45) is 1.91. The Labute approximate surface area is 85.8 Å². The van der Waals surface area contributed by atoms with Gasteiger partial charge in [-0.25, -0.2) is 0 Å². The van der Waals surface area contributed by atoms with Gasteiger partial charge in [-0.3, -0.25) is 4.79 Å². The molecule has 13 heavy (non-hydrogen) atoms. The highest BCUT2D eigenvalue weighted by Gasteiger charge is 1.94. The quantitative estimate of drug-likeness (QED) is 0.845. The minimum atomic E-state index is -0.0556. The number of hydrogen-bond donors (Lipinski definition) is 1. The molecular formula is C10H10BrNO. The topological polar surface area (TPSA) is 29.1 Å². The summed E-state index contributed by atoms with van der Waals surface area (Å²) in [7, 11) is 0. The summed E-state index contributed by atoms with van der Waals surface area (Å²) in [5, 5.41) is 2.72. The Morgan fingerprint density at radius 1 is 1.54 bits per heavy atom. The molecule has 0 radical (unpaired) electrons. The molecule has 2 nitrogen and oxygen atoms in total. The summed E-state index contributed by atoms with van der Waals surface area (Å²) in [5.41, 5.74) is 1.86. The third kappa shape index (κ3) is 3.42. The van der Waals surface area contributed by atoms with Crippen LogP contribution in [0.2, 0.25) is 0 Å². The number of benzene rings is 1. The van der Waals surface area contributed by atoms with Crippen molar-refractivity contribution in [2.75, 3.05) is 5.32 Å². The van der Waals surface area contributed by atoms with Gasteiger partial charge in [0.2, 0.25) is 5.91 Å². The molecule has 0 aliphatic carbocycles.